The largest absolute Gasteiger partial charge is 0.326 e. The quantitative estimate of drug-likeness (QED) is 0.633. The summed E-state index contributed by atoms with van der Waals surface area (Å²) in [5.41, 5.74) is 12.3. The minimum absolute atomic E-state index is 0.0532. The van der Waals surface area contributed by atoms with E-state index in [1.165, 1.54) is 0 Å². The van der Waals surface area contributed by atoms with Crippen molar-refractivity contribution in [2.24, 2.45) is 22.3 Å². The molecule has 0 fully saturated rings. The maximum absolute atomic E-state index is 6.06. The molecule has 0 saturated carbocycles. The van der Waals surface area contributed by atoms with Crippen LogP contribution in [0.5, 0.6) is 0 Å². The molecule has 0 aliphatic carbocycles. The predicted molar refractivity (Wildman–Crippen MR) is 54.9 cm³/mol. The van der Waals surface area contributed by atoms with Gasteiger partial charge in [-0.1, -0.05) is 41.5 Å². The molecule has 12 heavy (non-hydrogen) atoms. The highest BCUT2D eigenvalue weighted by Gasteiger charge is 2.33. The Balaban J connectivity index is 4.41. The van der Waals surface area contributed by atoms with Crippen molar-refractivity contribution in [3.8, 4) is 0 Å². The molecule has 2 atom stereocenters. The third-order valence-electron chi connectivity index (χ3n) is 2.39. The van der Waals surface area contributed by atoms with Gasteiger partial charge in [0.2, 0.25) is 0 Å². The summed E-state index contributed by atoms with van der Waals surface area (Å²) in [6, 6.07) is 0.106. The summed E-state index contributed by atoms with van der Waals surface area (Å²) >= 11 is 0. The summed E-state index contributed by atoms with van der Waals surface area (Å²) in [6.07, 6.45) is 0. The zero-order valence-electron chi connectivity index (χ0n) is 9.31. The SMILES string of the molecule is CC(C)(C)[C@@H](N)[C@H](N)C(C)(C)C. The Morgan fingerprint density at radius 3 is 0.917 bits per heavy atom. The molecule has 0 aromatic heterocycles. The molecular formula is C10H24N2. The van der Waals surface area contributed by atoms with Crippen molar-refractivity contribution in [3.05, 3.63) is 0 Å². The zero-order chi connectivity index (χ0) is 10.2. The van der Waals surface area contributed by atoms with E-state index in [4.69, 9.17) is 11.5 Å². The topological polar surface area (TPSA) is 52.0 Å². The molecule has 0 aromatic rings. The Labute approximate surface area is 76.7 Å². The molecule has 0 amide bonds. The molecule has 0 rings (SSSR count). The average Bonchev–Trinajstić information content (AvgIpc) is 1.80. The minimum Gasteiger partial charge on any atom is -0.326 e. The van der Waals surface area contributed by atoms with Crippen LogP contribution in [0.25, 0.3) is 0 Å². The maximum Gasteiger partial charge on any atom is 0.0246 e. The van der Waals surface area contributed by atoms with Crippen molar-refractivity contribution in [2.75, 3.05) is 0 Å². The van der Waals surface area contributed by atoms with Gasteiger partial charge in [0.05, 0.1) is 0 Å². The average molecular weight is 172 g/mol. The molecule has 2 heteroatoms. The van der Waals surface area contributed by atoms with E-state index >= 15 is 0 Å². The lowest BCUT2D eigenvalue weighted by atomic mass is 9.74. The second-order valence-corrected chi connectivity index (χ2v) is 5.78. The molecular weight excluding hydrogens is 148 g/mol. The van der Waals surface area contributed by atoms with Crippen LogP contribution in [-0.2, 0) is 0 Å². The first-order valence-electron chi connectivity index (χ1n) is 4.58. The van der Waals surface area contributed by atoms with Crippen molar-refractivity contribution < 1.29 is 0 Å². The van der Waals surface area contributed by atoms with E-state index in [1.54, 1.807) is 0 Å². The van der Waals surface area contributed by atoms with Gasteiger partial charge in [-0.15, -0.1) is 0 Å². The highest BCUT2D eigenvalue weighted by molar-refractivity contribution is 4.92. The summed E-state index contributed by atoms with van der Waals surface area (Å²) in [7, 11) is 0. The number of hydrogen-bond donors (Lipinski definition) is 2. The predicted octanol–water partition coefficient (Wildman–Crippen LogP) is 1.73. The second-order valence-electron chi connectivity index (χ2n) is 5.78. The van der Waals surface area contributed by atoms with E-state index < -0.39 is 0 Å². The molecule has 0 aliphatic rings. The molecule has 74 valence electrons. The molecule has 0 aromatic carbocycles. The van der Waals surface area contributed by atoms with Crippen molar-refractivity contribution in [3.63, 3.8) is 0 Å². The monoisotopic (exact) mass is 172 g/mol. The Kier molecular flexibility index (Phi) is 3.32. The summed E-state index contributed by atoms with van der Waals surface area (Å²) in [5, 5.41) is 0. The van der Waals surface area contributed by atoms with Gasteiger partial charge in [0, 0.05) is 12.1 Å². The van der Waals surface area contributed by atoms with Crippen LogP contribution in [0.4, 0.5) is 0 Å². The lowest BCUT2D eigenvalue weighted by Crippen LogP contribution is -2.55. The highest BCUT2D eigenvalue weighted by atomic mass is 14.8. The number of hydrogen-bond acceptors (Lipinski definition) is 2. The number of rotatable bonds is 1. The lowest BCUT2D eigenvalue weighted by Gasteiger charge is -2.39. The van der Waals surface area contributed by atoms with E-state index in [1.807, 2.05) is 0 Å². The second kappa shape index (κ2) is 3.35. The zero-order valence-corrected chi connectivity index (χ0v) is 9.31. The fourth-order valence-electron chi connectivity index (χ4n) is 1.08. The molecule has 0 saturated heterocycles. The van der Waals surface area contributed by atoms with E-state index in [0.29, 0.717) is 0 Å². The first-order chi connectivity index (χ1) is 5.07. The summed E-state index contributed by atoms with van der Waals surface area (Å²) in [6.45, 7) is 12.8. The van der Waals surface area contributed by atoms with Gasteiger partial charge in [0.15, 0.2) is 0 Å². The summed E-state index contributed by atoms with van der Waals surface area (Å²) in [5.74, 6) is 0. The van der Waals surface area contributed by atoms with Crippen LogP contribution in [0.1, 0.15) is 41.5 Å². The van der Waals surface area contributed by atoms with Gasteiger partial charge >= 0.3 is 0 Å². The van der Waals surface area contributed by atoms with Crippen LogP contribution in [0.15, 0.2) is 0 Å². The number of nitrogens with two attached hydrogens (primary N) is 2. The van der Waals surface area contributed by atoms with Gasteiger partial charge in [-0.05, 0) is 10.8 Å². The standard InChI is InChI=1S/C10H24N2/c1-9(2,3)7(11)8(12)10(4,5)6/h7-8H,11-12H2,1-6H3/t7-,8-/m0/s1. The molecule has 0 heterocycles. The first-order valence-corrected chi connectivity index (χ1v) is 4.58. The summed E-state index contributed by atoms with van der Waals surface area (Å²) in [4.78, 5) is 0. The van der Waals surface area contributed by atoms with Crippen molar-refractivity contribution in [1.29, 1.82) is 0 Å². The van der Waals surface area contributed by atoms with Crippen LogP contribution in [-0.4, -0.2) is 12.1 Å². The fraction of sp³-hybridized carbons (Fsp3) is 1.00. The van der Waals surface area contributed by atoms with Gasteiger partial charge < -0.3 is 11.5 Å². The Morgan fingerprint density at radius 1 is 0.667 bits per heavy atom. The summed E-state index contributed by atoms with van der Waals surface area (Å²) < 4.78 is 0. The van der Waals surface area contributed by atoms with Gasteiger partial charge in [0.1, 0.15) is 0 Å². The smallest absolute Gasteiger partial charge is 0.0246 e. The third-order valence-corrected chi connectivity index (χ3v) is 2.39. The maximum atomic E-state index is 6.06. The van der Waals surface area contributed by atoms with Gasteiger partial charge in [-0.3, -0.25) is 0 Å². The van der Waals surface area contributed by atoms with Crippen molar-refractivity contribution >= 4 is 0 Å². The molecule has 0 aliphatic heterocycles. The molecule has 0 spiro atoms. The molecule has 2 nitrogen and oxygen atoms in total. The van der Waals surface area contributed by atoms with Gasteiger partial charge in [-0.2, -0.15) is 0 Å². The lowest BCUT2D eigenvalue weighted by molar-refractivity contribution is 0.192. The van der Waals surface area contributed by atoms with E-state index in [0.717, 1.165) is 0 Å². The molecule has 4 N–H and O–H groups in total. The van der Waals surface area contributed by atoms with Crippen LogP contribution in [0, 0.1) is 10.8 Å². The van der Waals surface area contributed by atoms with Crippen LogP contribution >= 0.6 is 0 Å². The fourth-order valence-corrected chi connectivity index (χ4v) is 1.08. The van der Waals surface area contributed by atoms with E-state index in [-0.39, 0.29) is 22.9 Å². The third kappa shape index (κ3) is 3.11. The van der Waals surface area contributed by atoms with E-state index in [2.05, 4.69) is 41.5 Å². The van der Waals surface area contributed by atoms with Crippen molar-refractivity contribution in [2.45, 2.75) is 53.6 Å². The Morgan fingerprint density at radius 2 is 0.833 bits per heavy atom. The first kappa shape index (κ1) is 11.9. The van der Waals surface area contributed by atoms with Crippen LogP contribution < -0.4 is 11.5 Å². The Bertz CT molecular complexity index is 121. The van der Waals surface area contributed by atoms with Gasteiger partial charge in [0.25, 0.3) is 0 Å². The molecule has 0 unspecified atom stereocenters. The Hall–Kier alpha value is -0.0800. The van der Waals surface area contributed by atoms with Crippen molar-refractivity contribution in [1.82, 2.24) is 0 Å². The van der Waals surface area contributed by atoms with Crippen LogP contribution in [0.3, 0.4) is 0 Å². The molecule has 0 radical (unpaired) electrons. The highest BCUT2D eigenvalue weighted by Crippen LogP contribution is 2.27. The van der Waals surface area contributed by atoms with Gasteiger partial charge in [-0.25, -0.2) is 0 Å². The minimum atomic E-state index is 0.0532. The van der Waals surface area contributed by atoms with E-state index in [9.17, 15) is 0 Å². The van der Waals surface area contributed by atoms with Crippen LogP contribution in [0.2, 0.25) is 0 Å². The normalized spacial score (nSPS) is 19.0. The molecule has 0 bridgehead atoms.